The van der Waals surface area contributed by atoms with Gasteiger partial charge in [0, 0.05) is 18.9 Å². The van der Waals surface area contributed by atoms with E-state index in [1.807, 2.05) is 6.92 Å². The number of ether oxygens (including phenoxy) is 2. The molecule has 0 radical (unpaired) electrons. The molecule has 0 unspecified atom stereocenters. The zero-order valence-corrected chi connectivity index (χ0v) is 14.7. The standard InChI is InChI=1S/C16H21N3O5S/c1-2-23-14-4-6-15(7-5-14)25(21,22)18-10-8-16(20)24-13-12-19-11-3-9-17-19/h3-7,9,11,18H,2,8,10,12-13H2,1H3. The molecule has 0 aliphatic rings. The molecule has 136 valence electrons. The van der Waals surface area contributed by atoms with E-state index in [0.717, 1.165) is 0 Å². The summed E-state index contributed by atoms with van der Waals surface area (Å²) >= 11 is 0. The number of nitrogens with one attached hydrogen (secondary N) is 1. The van der Waals surface area contributed by atoms with Gasteiger partial charge in [-0.05, 0) is 37.3 Å². The molecular weight excluding hydrogens is 346 g/mol. The summed E-state index contributed by atoms with van der Waals surface area (Å²) in [6.07, 6.45) is 3.35. The third kappa shape index (κ3) is 6.20. The summed E-state index contributed by atoms with van der Waals surface area (Å²) in [5.41, 5.74) is 0. The lowest BCUT2D eigenvalue weighted by Gasteiger charge is -2.08. The predicted octanol–water partition coefficient (Wildman–Crippen LogP) is 1.19. The van der Waals surface area contributed by atoms with Gasteiger partial charge in [0.25, 0.3) is 0 Å². The maximum Gasteiger partial charge on any atom is 0.307 e. The predicted molar refractivity (Wildman–Crippen MR) is 90.6 cm³/mol. The second-order valence-electron chi connectivity index (χ2n) is 5.04. The lowest BCUT2D eigenvalue weighted by Crippen LogP contribution is -2.27. The Morgan fingerprint density at radius 3 is 2.68 bits per heavy atom. The molecule has 1 aromatic heterocycles. The Morgan fingerprint density at radius 2 is 2.04 bits per heavy atom. The highest BCUT2D eigenvalue weighted by Crippen LogP contribution is 2.15. The fourth-order valence-corrected chi connectivity index (χ4v) is 3.04. The molecule has 0 saturated heterocycles. The molecule has 1 heterocycles. The van der Waals surface area contributed by atoms with Crippen LogP contribution >= 0.6 is 0 Å². The topological polar surface area (TPSA) is 99.5 Å². The maximum absolute atomic E-state index is 12.1. The summed E-state index contributed by atoms with van der Waals surface area (Å²) < 4.78 is 38.6. The summed E-state index contributed by atoms with van der Waals surface area (Å²) in [4.78, 5) is 11.7. The van der Waals surface area contributed by atoms with Crippen molar-refractivity contribution in [3.63, 3.8) is 0 Å². The number of hydrogen-bond donors (Lipinski definition) is 1. The summed E-state index contributed by atoms with van der Waals surface area (Å²) in [5, 5.41) is 3.98. The maximum atomic E-state index is 12.1. The lowest BCUT2D eigenvalue weighted by molar-refractivity contribution is -0.143. The van der Waals surface area contributed by atoms with Gasteiger partial charge < -0.3 is 9.47 Å². The van der Waals surface area contributed by atoms with E-state index in [-0.39, 0.29) is 24.5 Å². The lowest BCUT2D eigenvalue weighted by atomic mass is 10.3. The number of sulfonamides is 1. The first-order chi connectivity index (χ1) is 12.0. The van der Waals surface area contributed by atoms with Crippen molar-refractivity contribution in [3.8, 4) is 5.75 Å². The van der Waals surface area contributed by atoms with Crippen molar-refractivity contribution in [1.29, 1.82) is 0 Å². The van der Waals surface area contributed by atoms with E-state index in [4.69, 9.17) is 9.47 Å². The van der Waals surface area contributed by atoms with Crippen LogP contribution in [-0.2, 0) is 26.1 Å². The molecular formula is C16H21N3O5S. The first-order valence-corrected chi connectivity index (χ1v) is 9.35. The number of benzene rings is 1. The summed E-state index contributed by atoms with van der Waals surface area (Å²) in [6.45, 7) is 2.96. The summed E-state index contributed by atoms with van der Waals surface area (Å²) in [7, 11) is -3.67. The molecule has 1 N–H and O–H groups in total. The van der Waals surface area contributed by atoms with E-state index < -0.39 is 16.0 Å². The second kappa shape index (κ2) is 9.19. The summed E-state index contributed by atoms with van der Waals surface area (Å²) in [5.74, 6) is 0.128. The van der Waals surface area contributed by atoms with Gasteiger partial charge in [0.1, 0.15) is 12.4 Å². The first-order valence-electron chi connectivity index (χ1n) is 7.87. The molecule has 0 spiro atoms. The van der Waals surface area contributed by atoms with Crippen LogP contribution in [0.25, 0.3) is 0 Å². The monoisotopic (exact) mass is 367 g/mol. The van der Waals surface area contributed by atoms with Gasteiger partial charge in [-0.1, -0.05) is 0 Å². The number of esters is 1. The Bertz CT molecular complexity index is 758. The van der Waals surface area contributed by atoms with Crippen LogP contribution in [0.4, 0.5) is 0 Å². The Hall–Kier alpha value is -2.39. The van der Waals surface area contributed by atoms with Gasteiger partial charge in [-0.25, -0.2) is 13.1 Å². The van der Waals surface area contributed by atoms with E-state index in [2.05, 4.69) is 9.82 Å². The Balaban J connectivity index is 1.72. The van der Waals surface area contributed by atoms with Gasteiger partial charge in [0.05, 0.1) is 24.5 Å². The average Bonchev–Trinajstić information content (AvgIpc) is 3.09. The van der Waals surface area contributed by atoms with Gasteiger partial charge in [0.2, 0.25) is 10.0 Å². The van der Waals surface area contributed by atoms with E-state index >= 15 is 0 Å². The molecule has 0 aliphatic carbocycles. The van der Waals surface area contributed by atoms with E-state index in [1.54, 1.807) is 35.3 Å². The Morgan fingerprint density at radius 1 is 1.28 bits per heavy atom. The van der Waals surface area contributed by atoms with E-state index in [1.165, 1.54) is 12.1 Å². The van der Waals surface area contributed by atoms with Crippen LogP contribution in [0.5, 0.6) is 5.75 Å². The van der Waals surface area contributed by atoms with Crippen molar-refractivity contribution in [2.45, 2.75) is 24.8 Å². The molecule has 0 bridgehead atoms. The van der Waals surface area contributed by atoms with Gasteiger partial charge in [-0.3, -0.25) is 9.48 Å². The number of carbonyl (C=O) groups excluding carboxylic acids is 1. The zero-order chi connectivity index (χ0) is 18.1. The quantitative estimate of drug-likeness (QED) is 0.633. The van der Waals surface area contributed by atoms with Crippen LogP contribution in [0, 0.1) is 0 Å². The minimum absolute atomic E-state index is 0.0316. The van der Waals surface area contributed by atoms with Crippen molar-refractivity contribution in [1.82, 2.24) is 14.5 Å². The minimum atomic E-state index is -3.67. The highest BCUT2D eigenvalue weighted by atomic mass is 32.2. The number of hydrogen-bond acceptors (Lipinski definition) is 6. The zero-order valence-electron chi connectivity index (χ0n) is 13.9. The van der Waals surface area contributed by atoms with Gasteiger partial charge in [0.15, 0.2) is 0 Å². The van der Waals surface area contributed by atoms with Crippen LogP contribution in [0.2, 0.25) is 0 Å². The van der Waals surface area contributed by atoms with Crippen molar-refractivity contribution in [3.05, 3.63) is 42.7 Å². The van der Waals surface area contributed by atoms with Crippen LogP contribution in [0.1, 0.15) is 13.3 Å². The number of rotatable bonds is 10. The molecule has 0 saturated carbocycles. The highest BCUT2D eigenvalue weighted by Gasteiger charge is 2.14. The fraction of sp³-hybridized carbons (Fsp3) is 0.375. The van der Waals surface area contributed by atoms with Gasteiger partial charge in [-0.2, -0.15) is 5.10 Å². The van der Waals surface area contributed by atoms with E-state index in [9.17, 15) is 13.2 Å². The Kier molecular flexibility index (Phi) is 6.96. The SMILES string of the molecule is CCOc1ccc(S(=O)(=O)NCCC(=O)OCCn2cccn2)cc1. The largest absolute Gasteiger partial charge is 0.494 e. The van der Waals surface area contributed by atoms with Gasteiger partial charge >= 0.3 is 5.97 Å². The molecule has 0 amide bonds. The molecule has 2 aromatic rings. The molecule has 1 aromatic carbocycles. The molecule has 0 aliphatic heterocycles. The van der Waals surface area contributed by atoms with Crippen molar-refractivity contribution in [2.75, 3.05) is 19.8 Å². The third-order valence-corrected chi connectivity index (χ3v) is 4.69. The van der Waals surface area contributed by atoms with Gasteiger partial charge in [-0.15, -0.1) is 0 Å². The molecule has 8 nitrogen and oxygen atoms in total. The third-order valence-electron chi connectivity index (χ3n) is 3.21. The first kappa shape index (κ1) is 18.9. The molecule has 25 heavy (non-hydrogen) atoms. The number of aromatic nitrogens is 2. The highest BCUT2D eigenvalue weighted by molar-refractivity contribution is 7.89. The number of carbonyl (C=O) groups is 1. The van der Waals surface area contributed by atoms with Crippen LogP contribution in [0.3, 0.4) is 0 Å². The summed E-state index contributed by atoms with van der Waals surface area (Å²) in [6, 6.07) is 7.85. The average molecular weight is 367 g/mol. The smallest absolute Gasteiger partial charge is 0.307 e. The molecule has 0 fully saturated rings. The fourth-order valence-electron chi connectivity index (χ4n) is 2.01. The molecule has 9 heteroatoms. The molecule has 0 atom stereocenters. The van der Waals surface area contributed by atoms with Crippen LogP contribution in [0.15, 0.2) is 47.6 Å². The molecule has 2 rings (SSSR count). The van der Waals surface area contributed by atoms with E-state index in [0.29, 0.717) is 18.9 Å². The Labute approximate surface area is 146 Å². The van der Waals surface area contributed by atoms with Crippen LogP contribution in [-0.4, -0.2) is 43.9 Å². The van der Waals surface area contributed by atoms with Crippen molar-refractivity contribution >= 4 is 16.0 Å². The normalized spacial score (nSPS) is 11.2. The minimum Gasteiger partial charge on any atom is -0.494 e. The number of nitrogens with zero attached hydrogens (tertiary/aromatic N) is 2. The van der Waals surface area contributed by atoms with Crippen molar-refractivity contribution < 1.29 is 22.7 Å². The van der Waals surface area contributed by atoms with Crippen molar-refractivity contribution in [2.24, 2.45) is 0 Å². The van der Waals surface area contributed by atoms with Crippen LogP contribution < -0.4 is 9.46 Å². The second-order valence-corrected chi connectivity index (χ2v) is 6.81.